The quantitative estimate of drug-likeness (QED) is 0.409. The molecule has 0 aliphatic heterocycles. The van der Waals surface area contributed by atoms with Crippen molar-refractivity contribution in [3.8, 4) is 0 Å². The molecule has 0 amide bonds. The van der Waals surface area contributed by atoms with E-state index in [-0.39, 0.29) is 15.8 Å². The van der Waals surface area contributed by atoms with E-state index < -0.39 is 8.32 Å². The summed E-state index contributed by atoms with van der Waals surface area (Å²) in [5.41, 5.74) is 0. The summed E-state index contributed by atoms with van der Waals surface area (Å²) >= 11 is 13.1. The lowest BCUT2D eigenvalue weighted by atomic mass is 10.2. The minimum atomic E-state index is -2.52. The molecule has 1 nitrogen and oxygen atoms in total. The minimum Gasteiger partial charge on any atom is -0.406 e. The van der Waals surface area contributed by atoms with Crippen LogP contribution in [0.5, 0.6) is 0 Å². The van der Waals surface area contributed by atoms with Crippen LogP contribution in [-0.4, -0.2) is 25.7 Å². The molecule has 0 spiro atoms. The molecule has 0 saturated carbocycles. The Kier molecular flexibility index (Phi) is 7.78. The van der Waals surface area contributed by atoms with Crippen LogP contribution in [0.4, 0.5) is 0 Å². The lowest BCUT2D eigenvalue weighted by Gasteiger charge is -2.43. The monoisotopic (exact) mass is 408 g/mol. The first-order valence-electron chi connectivity index (χ1n) is 9.36. The van der Waals surface area contributed by atoms with Crippen molar-refractivity contribution in [2.45, 2.75) is 56.3 Å². The Bertz CT molecular complexity index is 615. The number of benzene rings is 2. The van der Waals surface area contributed by atoms with Gasteiger partial charge >= 0.3 is 0 Å². The molecule has 142 valence electrons. The largest absolute Gasteiger partial charge is 0.406 e. The zero-order valence-electron chi connectivity index (χ0n) is 16.2. The van der Waals surface area contributed by atoms with Crippen LogP contribution in [0.1, 0.15) is 40.5 Å². The summed E-state index contributed by atoms with van der Waals surface area (Å²) in [5, 5.41) is 2.23. The van der Waals surface area contributed by atoms with E-state index in [0.29, 0.717) is 6.61 Å². The van der Waals surface area contributed by atoms with E-state index in [1.54, 1.807) is 0 Å². The zero-order valence-corrected chi connectivity index (χ0v) is 18.7. The number of hydrogen-bond donors (Lipinski definition) is 0. The van der Waals surface area contributed by atoms with Crippen molar-refractivity contribution in [1.29, 1.82) is 0 Å². The van der Waals surface area contributed by atoms with Crippen LogP contribution in [0, 0.1) is 0 Å². The van der Waals surface area contributed by atoms with Crippen LogP contribution in [0.2, 0.25) is 5.04 Å². The van der Waals surface area contributed by atoms with Crippen LogP contribution in [-0.2, 0) is 4.43 Å². The molecular formula is C22H30Cl2OSi. The topological polar surface area (TPSA) is 9.23 Å². The Balaban J connectivity index is 2.47. The van der Waals surface area contributed by atoms with E-state index in [1.807, 2.05) is 0 Å². The molecule has 0 aliphatic carbocycles. The second kappa shape index (κ2) is 9.41. The molecule has 4 heteroatoms. The van der Waals surface area contributed by atoms with Gasteiger partial charge in [0.1, 0.15) is 0 Å². The third kappa shape index (κ3) is 4.72. The molecule has 0 fully saturated rings. The molecule has 0 N–H and O–H groups in total. The van der Waals surface area contributed by atoms with Crippen molar-refractivity contribution in [3.05, 3.63) is 60.7 Å². The lowest BCUT2D eigenvalue weighted by Crippen LogP contribution is -2.67. The number of alkyl halides is 2. The van der Waals surface area contributed by atoms with Gasteiger partial charge in [0.25, 0.3) is 8.32 Å². The van der Waals surface area contributed by atoms with Crippen LogP contribution < -0.4 is 10.4 Å². The molecule has 0 unspecified atom stereocenters. The molecule has 2 atom stereocenters. The van der Waals surface area contributed by atoms with E-state index in [2.05, 4.69) is 88.4 Å². The maximum atomic E-state index is 6.82. The van der Waals surface area contributed by atoms with E-state index in [0.717, 1.165) is 12.8 Å². The fourth-order valence-corrected chi connectivity index (χ4v) is 8.70. The number of hydrogen-bond acceptors (Lipinski definition) is 1. The van der Waals surface area contributed by atoms with Crippen molar-refractivity contribution < 1.29 is 4.43 Å². The van der Waals surface area contributed by atoms with Crippen molar-refractivity contribution in [2.24, 2.45) is 0 Å². The number of rotatable bonds is 8. The van der Waals surface area contributed by atoms with E-state index in [4.69, 9.17) is 27.6 Å². The zero-order chi connectivity index (χ0) is 19.2. The average molecular weight is 409 g/mol. The molecule has 0 radical (unpaired) electrons. The van der Waals surface area contributed by atoms with Gasteiger partial charge in [-0.25, -0.2) is 0 Å². The van der Waals surface area contributed by atoms with E-state index in [9.17, 15) is 0 Å². The van der Waals surface area contributed by atoms with Crippen molar-refractivity contribution in [2.75, 3.05) is 6.61 Å². The summed E-state index contributed by atoms with van der Waals surface area (Å²) in [6.45, 7) is 9.40. The highest BCUT2D eigenvalue weighted by molar-refractivity contribution is 6.99. The van der Waals surface area contributed by atoms with Gasteiger partial charge in [-0.15, -0.1) is 23.2 Å². The van der Waals surface area contributed by atoms with Gasteiger partial charge < -0.3 is 4.43 Å². The molecule has 2 aromatic rings. The first-order valence-corrected chi connectivity index (χ1v) is 12.1. The third-order valence-corrected chi connectivity index (χ3v) is 10.9. The Morgan fingerprint density at radius 3 is 1.69 bits per heavy atom. The molecule has 26 heavy (non-hydrogen) atoms. The average Bonchev–Trinajstić information content (AvgIpc) is 2.63. The van der Waals surface area contributed by atoms with Gasteiger partial charge in [-0.05, 0) is 21.8 Å². The summed E-state index contributed by atoms with van der Waals surface area (Å²) < 4.78 is 6.82. The predicted octanol–water partition coefficient (Wildman–Crippen LogP) is 5.58. The molecule has 0 aromatic heterocycles. The van der Waals surface area contributed by atoms with Gasteiger partial charge in [0.2, 0.25) is 0 Å². The lowest BCUT2D eigenvalue weighted by molar-refractivity contribution is 0.291. The summed E-state index contributed by atoms with van der Waals surface area (Å²) in [6, 6.07) is 21.2. The van der Waals surface area contributed by atoms with Crippen LogP contribution in [0.3, 0.4) is 0 Å². The fourth-order valence-electron chi connectivity index (χ4n) is 3.53. The van der Waals surface area contributed by atoms with Gasteiger partial charge in [-0.2, -0.15) is 0 Å². The smallest absolute Gasteiger partial charge is 0.261 e. The Labute approximate surface area is 169 Å². The first-order chi connectivity index (χ1) is 12.3. The van der Waals surface area contributed by atoms with Gasteiger partial charge in [-0.1, -0.05) is 94.8 Å². The maximum Gasteiger partial charge on any atom is 0.261 e. The predicted molar refractivity (Wildman–Crippen MR) is 118 cm³/mol. The molecule has 0 saturated heterocycles. The molecule has 2 rings (SSSR count). The van der Waals surface area contributed by atoms with E-state index in [1.165, 1.54) is 10.4 Å². The van der Waals surface area contributed by atoms with Gasteiger partial charge in [0.05, 0.1) is 17.4 Å². The molecule has 2 aromatic carbocycles. The minimum absolute atomic E-state index is 0.0428. The van der Waals surface area contributed by atoms with Crippen molar-refractivity contribution in [3.63, 3.8) is 0 Å². The third-order valence-electron chi connectivity index (χ3n) is 4.83. The Morgan fingerprint density at radius 1 is 0.846 bits per heavy atom. The van der Waals surface area contributed by atoms with E-state index >= 15 is 0 Å². The highest BCUT2D eigenvalue weighted by Crippen LogP contribution is 2.37. The summed E-state index contributed by atoms with van der Waals surface area (Å²) in [4.78, 5) is 0. The highest BCUT2D eigenvalue weighted by atomic mass is 35.5. The summed E-state index contributed by atoms with van der Waals surface area (Å²) in [6.07, 6.45) is 1.93. The first kappa shape index (κ1) is 21.5. The molecule has 0 bridgehead atoms. The SMILES string of the molecule is CCC[C@@H](Cl)[C@H](Cl)CO[Si](c1ccccc1)(c1ccccc1)C(C)(C)C. The van der Waals surface area contributed by atoms with Crippen LogP contribution in [0.25, 0.3) is 0 Å². The standard InChI is InChI=1S/C22H30Cl2OSi/c1-5-12-20(23)21(24)17-25-26(22(2,3)4,18-13-8-6-9-14-18)19-15-10-7-11-16-19/h6-11,13-16,20-21H,5,12,17H2,1-4H3/t20-,21-/m1/s1. The molecular weight excluding hydrogens is 379 g/mol. The highest BCUT2D eigenvalue weighted by Gasteiger charge is 2.50. The van der Waals surface area contributed by atoms with Gasteiger partial charge in [0, 0.05) is 0 Å². The summed E-state index contributed by atoms with van der Waals surface area (Å²) in [7, 11) is -2.52. The normalized spacial score (nSPS) is 14.8. The van der Waals surface area contributed by atoms with Crippen LogP contribution >= 0.6 is 23.2 Å². The van der Waals surface area contributed by atoms with Gasteiger partial charge in [-0.3, -0.25) is 0 Å². The number of halogens is 2. The molecule has 0 aliphatic rings. The Morgan fingerprint density at radius 2 is 1.31 bits per heavy atom. The van der Waals surface area contributed by atoms with Gasteiger partial charge in [0.15, 0.2) is 0 Å². The van der Waals surface area contributed by atoms with Crippen molar-refractivity contribution >= 4 is 41.9 Å². The molecule has 0 heterocycles. The second-order valence-electron chi connectivity index (χ2n) is 7.79. The van der Waals surface area contributed by atoms with Crippen LogP contribution in [0.15, 0.2) is 60.7 Å². The fraction of sp³-hybridized carbons (Fsp3) is 0.455. The maximum absolute atomic E-state index is 6.82. The second-order valence-corrected chi connectivity index (χ2v) is 13.2. The summed E-state index contributed by atoms with van der Waals surface area (Å²) in [5.74, 6) is 0. The Hall–Kier alpha value is -0.803. The van der Waals surface area contributed by atoms with Crippen molar-refractivity contribution in [1.82, 2.24) is 0 Å².